The van der Waals surface area contributed by atoms with Gasteiger partial charge in [-0.15, -0.1) is 0 Å². The van der Waals surface area contributed by atoms with Gasteiger partial charge in [0.1, 0.15) is 0 Å². The first-order valence-electron chi connectivity index (χ1n) is 7.12. The molecule has 2 aromatic rings. The molecule has 21 heavy (non-hydrogen) atoms. The van der Waals surface area contributed by atoms with Crippen LogP contribution < -0.4 is 5.73 Å². The van der Waals surface area contributed by atoms with Crippen LogP contribution in [0.25, 0.3) is 11.2 Å². The van der Waals surface area contributed by atoms with E-state index in [2.05, 4.69) is 15.1 Å². The van der Waals surface area contributed by atoms with Crippen LogP contribution in [-0.2, 0) is 4.74 Å². The molecule has 6 nitrogen and oxygen atoms in total. The summed E-state index contributed by atoms with van der Waals surface area (Å²) in [7, 11) is 0. The van der Waals surface area contributed by atoms with Crippen molar-refractivity contribution in [3.63, 3.8) is 0 Å². The lowest BCUT2D eigenvalue weighted by Crippen LogP contribution is -2.18. The average Bonchev–Trinajstić information content (AvgIpc) is 2.96. The number of aliphatic imine (C=N–C) groups is 1. The minimum absolute atomic E-state index is 0.317. The minimum Gasteiger partial charge on any atom is -0.404 e. The Kier molecular flexibility index (Phi) is 3.96. The second-order valence-corrected chi connectivity index (χ2v) is 5.12. The van der Waals surface area contributed by atoms with Crippen molar-refractivity contribution in [1.29, 1.82) is 0 Å². The van der Waals surface area contributed by atoms with E-state index in [1.54, 1.807) is 16.9 Å². The standard InChI is InChI=1S/C15H19N5O/c1-11-14(8-15-17-4-5-20(15)19-11)12(9-16)10-18-13-2-6-21-7-3-13/h4-5,8-10,13H,2-3,6-7,16H2,1H3/b12-9+,18-10?. The van der Waals surface area contributed by atoms with Gasteiger partial charge >= 0.3 is 0 Å². The summed E-state index contributed by atoms with van der Waals surface area (Å²) in [5.74, 6) is 0. The van der Waals surface area contributed by atoms with Gasteiger partial charge in [0.05, 0.1) is 11.7 Å². The third kappa shape index (κ3) is 2.95. The number of aromatic nitrogens is 3. The Hall–Kier alpha value is -2.21. The summed E-state index contributed by atoms with van der Waals surface area (Å²) < 4.78 is 7.09. The van der Waals surface area contributed by atoms with Crippen molar-refractivity contribution in [2.75, 3.05) is 13.2 Å². The number of hydrogen-bond donors (Lipinski definition) is 1. The van der Waals surface area contributed by atoms with Crippen LogP contribution in [0.4, 0.5) is 0 Å². The second kappa shape index (κ2) is 6.05. The number of hydrogen-bond acceptors (Lipinski definition) is 5. The quantitative estimate of drug-likeness (QED) is 0.869. The van der Waals surface area contributed by atoms with E-state index in [0.717, 1.165) is 48.5 Å². The first-order chi connectivity index (χ1) is 10.3. The van der Waals surface area contributed by atoms with Gasteiger partial charge in [0.2, 0.25) is 0 Å². The van der Waals surface area contributed by atoms with Crippen molar-refractivity contribution in [2.24, 2.45) is 10.7 Å². The van der Waals surface area contributed by atoms with Gasteiger partial charge in [-0.05, 0) is 25.8 Å². The van der Waals surface area contributed by atoms with E-state index in [9.17, 15) is 0 Å². The molecule has 0 spiro atoms. The number of ether oxygens (including phenoxy) is 1. The predicted octanol–water partition coefficient (Wildman–Crippen LogP) is 1.59. The maximum absolute atomic E-state index is 5.78. The number of rotatable bonds is 3. The Morgan fingerprint density at radius 1 is 1.48 bits per heavy atom. The van der Waals surface area contributed by atoms with E-state index >= 15 is 0 Å². The molecule has 3 rings (SSSR count). The monoisotopic (exact) mass is 285 g/mol. The van der Waals surface area contributed by atoms with Crippen LogP contribution in [0.1, 0.15) is 24.1 Å². The molecule has 0 aromatic carbocycles. The second-order valence-electron chi connectivity index (χ2n) is 5.12. The van der Waals surface area contributed by atoms with Gasteiger partial charge in [-0.3, -0.25) is 4.99 Å². The Bertz CT molecular complexity index is 682. The molecule has 2 aromatic heterocycles. The average molecular weight is 285 g/mol. The maximum atomic E-state index is 5.78. The van der Waals surface area contributed by atoms with Gasteiger partial charge in [0.25, 0.3) is 0 Å². The van der Waals surface area contributed by atoms with Gasteiger partial charge < -0.3 is 10.5 Å². The molecule has 0 radical (unpaired) electrons. The lowest BCUT2D eigenvalue weighted by molar-refractivity contribution is 0.0872. The first kappa shape index (κ1) is 13.8. The van der Waals surface area contributed by atoms with Crippen molar-refractivity contribution < 1.29 is 4.74 Å². The zero-order valence-electron chi connectivity index (χ0n) is 12.1. The van der Waals surface area contributed by atoms with Crippen molar-refractivity contribution in [2.45, 2.75) is 25.8 Å². The highest BCUT2D eigenvalue weighted by Gasteiger charge is 2.12. The largest absolute Gasteiger partial charge is 0.404 e. The summed E-state index contributed by atoms with van der Waals surface area (Å²) in [6.07, 6.45) is 8.91. The highest BCUT2D eigenvalue weighted by molar-refractivity contribution is 6.10. The van der Waals surface area contributed by atoms with Crippen molar-refractivity contribution >= 4 is 17.4 Å². The minimum atomic E-state index is 0.317. The van der Waals surface area contributed by atoms with Gasteiger partial charge in [0, 0.05) is 49.2 Å². The van der Waals surface area contributed by atoms with Gasteiger partial charge in [-0.25, -0.2) is 9.50 Å². The van der Waals surface area contributed by atoms with E-state index in [0.29, 0.717) is 6.04 Å². The molecule has 0 amide bonds. The molecule has 0 saturated carbocycles. The van der Waals surface area contributed by atoms with E-state index in [1.165, 1.54) is 0 Å². The predicted molar refractivity (Wildman–Crippen MR) is 82.2 cm³/mol. The highest BCUT2D eigenvalue weighted by Crippen LogP contribution is 2.18. The van der Waals surface area contributed by atoms with Crippen LogP contribution in [0, 0.1) is 6.92 Å². The highest BCUT2D eigenvalue weighted by atomic mass is 16.5. The van der Waals surface area contributed by atoms with Gasteiger partial charge in [-0.2, -0.15) is 5.10 Å². The molecule has 0 unspecified atom stereocenters. The molecule has 1 aliphatic heterocycles. The molecular formula is C15H19N5O. The maximum Gasteiger partial charge on any atom is 0.154 e. The first-order valence-corrected chi connectivity index (χ1v) is 7.12. The Labute approximate surface area is 123 Å². The van der Waals surface area contributed by atoms with E-state index in [1.807, 2.05) is 25.4 Å². The summed E-state index contributed by atoms with van der Waals surface area (Å²) in [4.78, 5) is 8.89. The molecule has 110 valence electrons. The van der Waals surface area contributed by atoms with E-state index in [4.69, 9.17) is 10.5 Å². The third-order valence-electron chi connectivity index (χ3n) is 3.68. The molecule has 2 N–H and O–H groups in total. The number of allylic oxidation sites excluding steroid dienone is 1. The molecule has 0 aliphatic carbocycles. The number of fused-ring (bicyclic) bond motifs is 1. The number of nitrogens with two attached hydrogens (primary N) is 1. The van der Waals surface area contributed by atoms with Crippen LogP contribution in [0.15, 0.2) is 29.7 Å². The van der Waals surface area contributed by atoms with Gasteiger partial charge in [-0.1, -0.05) is 0 Å². The molecule has 1 aliphatic rings. The summed E-state index contributed by atoms with van der Waals surface area (Å²) in [5, 5.41) is 4.48. The van der Waals surface area contributed by atoms with Crippen molar-refractivity contribution in [3.05, 3.63) is 35.9 Å². The third-order valence-corrected chi connectivity index (χ3v) is 3.68. The lowest BCUT2D eigenvalue weighted by Gasteiger charge is -2.18. The smallest absolute Gasteiger partial charge is 0.154 e. The fourth-order valence-electron chi connectivity index (χ4n) is 2.46. The van der Waals surface area contributed by atoms with E-state index in [-0.39, 0.29) is 0 Å². The number of aryl methyl sites for hydroxylation is 1. The van der Waals surface area contributed by atoms with Crippen molar-refractivity contribution in [1.82, 2.24) is 14.6 Å². The molecule has 0 bridgehead atoms. The number of nitrogens with zero attached hydrogens (tertiary/aromatic N) is 4. The van der Waals surface area contributed by atoms with Crippen LogP contribution in [0.5, 0.6) is 0 Å². The molecule has 1 saturated heterocycles. The number of imidazole rings is 1. The SMILES string of the molecule is Cc1nn2ccnc2cc1/C(C=NC1CCOCC1)=C/N. The van der Waals surface area contributed by atoms with Crippen molar-refractivity contribution in [3.8, 4) is 0 Å². The summed E-state index contributed by atoms with van der Waals surface area (Å²) in [5.41, 5.74) is 9.31. The lowest BCUT2D eigenvalue weighted by atomic mass is 10.1. The van der Waals surface area contributed by atoms with Gasteiger partial charge in [0.15, 0.2) is 5.65 Å². The summed E-state index contributed by atoms with van der Waals surface area (Å²) >= 11 is 0. The van der Waals surface area contributed by atoms with Crippen LogP contribution in [0.3, 0.4) is 0 Å². The molecule has 6 heteroatoms. The Balaban J connectivity index is 1.87. The van der Waals surface area contributed by atoms with Crippen LogP contribution in [0.2, 0.25) is 0 Å². The fourth-order valence-corrected chi connectivity index (χ4v) is 2.46. The zero-order valence-corrected chi connectivity index (χ0v) is 12.1. The Morgan fingerprint density at radius 3 is 3.05 bits per heavy atom. The topological polar surface area (TPSA) is 77.8 Å². The summed E-state index contributed by atoms with van der Waals surface area (Å²) in [6.45, 7) is 3.52. The zero-order chi connectivity index (χ0) is 14.7. The molecule has 0 atom stereocenters. The summed E-state index contributed by atoms with van der Waals surface area (Å²) in [6, 6.07) is 2.30. The Morgan fingerprint density at radius 2 is 2.29 bits per heavy atom. The molecule has 3 heterocycles. The molecular weight excluding hydrogens is 266 g/mol. The van der Waals surface area contributed by atoms with Crippen LogP contribution >= 0.6 is 0 Å². The van der Waals surface area contributed by atoms with E-state index < -0.39 is 0 Å². The normalized spacial score (nSPS) is 17.9. The van der Waals surface area contributed by atoms with Crippen LogP contribution in [-0.4, -0.2) is 40.1 Å². The molecule has 1 fully saturated rings. The fraction of sp³-hybridized carbons (Fsp3) is 0.400.